The van der Waals surface area contributed by atoms with E-state index in [1.54, 1.807) is 18.2 Å². The molecule has 0 aliphatic heterocycles. The summed E-state index contributed by atoms with van der Waals surface area (Å²) in [6.45, 7) is 3.50. The lowest BCUT2D eigenvalue weighted by molar-refractivity contribution is 0.415. The van der Waals surface area contributed by atoms with Gasteiger partial charge in [0, 0.05) is 6.07 Å². The first-order valence-electron chi connectivity index (χ1n) is 6.03. The highest BCUT2D eigenvalue weighted by Crippen LogP contribution is 2.27. The molecule has 0 aliphatic carbocycles. The Bertz CT molecular complexity index is 506. The van der Waals surface area contributed by atoms with Crippen LogP contribution in [0.15, 0.2) is 18.2 Å². The van der Waals surface area contributed by atoms with Crippen LogP contribution in [0.2, 0.25) is 5.02 Å². The minimum atomic E-state index is -3.34. The Hall–Kier alpha value is -0.980. The van der Waals surface area contributed by atoms with Crippen LogP contribution in [-0.2, 0) is 10.0 Å². The van der Waals surface area contributed by atoms with Crippen LogP contribution in [-0.4, -0.2) is 34.4 Å². The summed E-state index contributed by atoms with van der Waals surface area (Å²) in [5, 5.41) is 3.52. The first-order chi connectivity index (χ1) is 8.98. The molecule has 5 nitrogen and oxygen atoms in total. The predicted octanol–water partition coefficient (Wildman–Crippen LogP) is 2.09. The van der Waals surface area contributed by atoms with Gasteiger partial charge < -0.3 is 10.1 Å². The monoisotopic (exact) mass is 306 g/mol. The van der Waals surface area contributed by atoms with E-state index in [4.69, 9.17) is 16.3 Å². The van der Waals surface area contributed by atoms with Gasteiger partial charge in [0.25, 0.3) is 0 Å². The maximum atomic E-state index is 11.8. The van der Waals surface area contributed by atoms with E-state index in [0.717, 1.165) is 6.54 Å². The van der Waals surface area contributed by atoms with Gasteiger partial charge in [-0.05, 0) is 31.6 Å². The molecule has 1 aromatic carbocycles. The predicted molar refractivity (Wildman–Crippen MR) is 78.6 cm³/mol. The summed E-state index contributed by atoms with van der Waals surface area (Å²) in [6.07, 6.45) is 0.563. The lowest BCUT2D eigenvalue weighted by Gasteiger charge is -2.10. The van der Waals surface area contributed by atoms with Gasteiger partial charge in [-0.15, -0.1) is 0 Å². The van der Waals surface area contributed by atoms with Gasteiger partial charge in [0.15, 0.2) is 0 Å². The minimum Gasteiger partial charge on any atom is -0.495 e. The van der Waals surface area contributed by atoms with E-state index in [1.165, 1.54) is 7.11 Å². The molecule has 1 rings (SSSR count). The van der Waals surface area contributed by atoms with Crippen molar-refractivity contribution in [1.29, 1.82) is 0 Å². The topological polar surface area (TPSA) is 67.4 Å². The second kappa shape index (κ2) is 7.57. The maximum absolute atomic E-state index is 11.8. The molecule has 0 aromatic heterocycles. The first-order valence-corrected chi connectivity index (χ1v) is 8.06. The highest BCUT2D eigenvalue weighted by molar-refractivity contribution is 7.92. The summed E-state index contributed by atoms with van der Waals surface area (Å²) in [5.74, 6) is 0.514. The molecule has 1 aromatic rings. The molecule has 0 amide bonds. The van der Waals surface area contributed by atoms with E-state index >= 15 is 0 Å². The van der Waals surface area contributed by atoms with Gasteiger partial charge in [-0.1, -0.05) is 18.5 Å². The van der Waals surface area contributed by atoms with E-state index in [2.05, 4.69) is 10.0 Å². The van der Waals surface area contributed by atoms with E-state index < -0.39 is 10.0 Å². The maximum Gasteiger partial charge on any atom is 0.232 e. The molecule has 0 heterocycles. The van der Waals surface area contributed by atoms with Crippen LogP contribution >= 0.6 is 11.6 Å². The van der Waals surface area contributed by atoms with Crippen molar-refractivity contribution in [2.24, 2.45) is 0 Å². The van der Waals surface area contributed by atoms with Gasteiger partial charge >= 0.3 is 0 Å². The van der Waals surface area contributed by atoms with E-state index in [9.17, 15) is 8.42 Å². The quantitative estimate of drug-likeness (QED) is 0.722. The Morgan fingerprint density at radius 3 is 2.74 bits per heavy atom. The minimum absolute atomic E-state index is 0.0743. The zero-order chi connectivity index (χ0) is 14.3. The zero-order valence-electron chi connectivity index (χ0n) is 11.1. The summed E-state index contributed by atoms with van der Waals surface area (Å²) in [4.78, 5) is 0. The molecule has 0 saturated heterocycles. The summed E-state index contributed by atoms with van der Waals surface area (Å²) in [7, 11) is -1.86. The highest BCUT2D eigenvalue weighted by Gasteiger charge is 2.11. The Balaban J connectivity index is 2.62. The third kappa shape index (κ3) is 5.67. The van der Waals surface area contributed by atoms with Gasteiger partial charge in [0.1, 0.15) is 5.75 Å². The number of rotatable bonds is 8. The fraction of sp³-hybridized carbons (Fsp3) is 0.500. The molecule has 0 fully saturated rings. The van der Waals surface area contributed by atoms with Gasteiger partial charge in [0.2, 0.25) is 10.0 Å². The molecule has 7 heteroatoms. The van der Waals surface area contributed by atoms with Gasteiger partial charge in [-0.2, -0.15) is 0 Å². The second-order valence-corrected chi connectivity index (χ2v) is 6.23. The van der Waals surface area contributed by atoms with Crippen LogP contribution in [0.1, 0.15) is 13.3 Å². The Labute approximate surface area is 119 Å². The Kier molecular flexibility index (Phi) is 6.41. The molecule has 108 valence electrons. The molecular formula is C12H19ClN2O3S. The number of ether oxygens (including phenoxy) is 1. The van der Waals surface area contributed by atoms with Gasteiger partial charge in [0.05, 0.1) is 23.6 Å². The molecule has 0 spiro atoms. The standard InChI is InChI=1S/C12H19ClN2O3S/c1-3-14-7-4-8-19(16,17)15-10-5-6-11(13)12(9-10)18-2/h5-6,9,14-15H,3-4,7-8H2,1-2H3. The van der Waals surface area contributed by atoms with Crippen molar-refractivity contribution in [2.45, 2.75) is 13.3 Å². The molecule has 0 aliphatic rings. The zero-order valence-corrected chi connectivity index (χ0v) is 12.6. The molecule has 0 bridgehead atoms. The molecular weight excluding hydrogens is 288 g/mol. The lowest BCUT2D eigenvalue weighted by atomic mass is 10.3. The fourth-order valence-corrected chi connectivity index (χ4v) is 2.83. The van der Waals surface area contributed by atoms with Crippen molar-refractivity contribution >= 4 is 27.3 Å². The van der Waals surface area contributed by atoms with Crippen LogP contribution in [0.25, 0.3) is 0 Å². The van der Waals surface area contributed by atoms with Crippen molar-refractivity contribution in [3.05, 3.63) is 23.2 Å². The van der Waals surface area contributed by atoms with Crippen LogP contribution in [0.5, 0.6) is 5.75 Å². The van der Waals surface area contributed by atoms with Gasteiger partial charge in [-0.3, -0.25) is 4.72 Å². The molecule has 0 saturated carbocycles. The Morgan fingerprint density at radius 1 is 1.37 bits per heavy atom. The molecule has 0 radical (unpaired) electrons. The summed E-state index contributed by atoms with van der Waals surface area (Å²) in [5.41, 5.74) is 0.449. The highest BCUT2D eigenvalue weighted by atomic mass is 35.5. The largest absolute Gasteiger partial charge is 0.495 e. The number of hydrogen-bond donors (Lipinski definition) is 2. The third-order valence-corrected chi connectivity index (χ3v) is 4.13. The van der Waals surface area contributed by atoms with Crippen molar-refractivity contribution in [1.82, 2.24) is 5.32 Å². The van der Waals surface area contributed by atoms with Gasteiger partial charge in [-0.25, -0.2) is 8.42 Å². The molecule has 19 heavy (non-hydrogen) atoms. The third-order valence-electron chi connectivity index (χ3n) is 2.44. The first kappa shape index (κ1) is 16.1. The number of hydrogen-bond acceptors (Lipinski definition) is 4. The smallest absolute Gasteiger partial charge is 0.232 e. The average Bonchev–Trinajstić information content (AvgIpc) is 2.37. The second-order valence-electron chi connectivity index (χ2n) is 3.98. The number of sulfonamides is 1. The van der Waals surface area contributed by atoms with Crippen LogP contribution in [0, 0.1) is 0 Å². The van der Waals surface area contributed by atoms with Crippen molar-refractivity contribution in [3.8, 4) is 5.75 Å². The van der Waals surface area contributed by atoms with Crippen molar-refractivity contribution in [2.75, 3.05) is 30.7 Å². The number of benzene rings is 1. The van der Waals surface area contributed by atoms with Crippen LogP contribution in [0.4, 0.5) is 5.69 Å². The summed E-state index contributed by atoms with van der Waals surface area (Å²) < 4.78 is 31.2. The lowest BCUT2D eigenvalue weighted by Crippen LogP contribution is -2.21. The van der Waals surface area contributed by atoms with E-state index in [1.807, 2.05) is 6.92 Å². The number of halogens is 1. The molecule has 0 unspecified atom stereocenters. The van der Waals surface area contributed by atoms with Crippen LogP contribution < -0.4 is 14.8 Å². The average molecular weight is 307 g/mol. The fourth-order valence-electron chi connectivity index (χ4n) is 1.52. The van der Waals surface area contributed by atoms with Crippen LogP contribution in [0.3, 0.4) is 0 Å². The summed E-state index contributed by atoms with van der Waals surface area (Å²) >= 11 is 5.88. The van der Waals surface area contributed by atoms with Crippen molar-refractivity contribution < 1.29 is 13.2 Å². The van der Waals surface area contributed by atoms with E-state index in [-0.39, 0.29) is 5.75 Å². The summed E-state index contributed by atoms with van der Waals surface area (Å²) in [6, 6.07) is 4.76. The molecule has 0 atom stereocenters. The Morgan fingerprint density at radius 2 is 2.11 bits per heavy atom. The number of nitrogens with one attached hydrogen (secondary N) is 2. The van der Waals surface area contributed by atoms with E-state index in [0.29, 0.717) is 29.4 Å². The van der Waals surface area contributed by atoms with Crippen molar-refractivity contribution in [3.63, 3.8) is 0 Å². The number of anilines is 1. The number of methoxy groups -OCH3 is 1. The normalized spacial score (nSPS) is 11.3. The molecule has 2 N–H and O–H groups in total. The SMILES string of the molecule is CCNCCCS(=O)(=O)Nc1ccc(Cl)c(OC)c1.